The topological polar surface area (TPSA) is 47.4 Å². The van der Waals surface area contributed by atoms with E-state index in [1.165, 1.54) is 11.5 Å². The van der Waals surface area contributed by atoms with Crippen molar-refractivity contribution in [1.29, 1.82) is 0 Å². The number of likely N-dealkylation sites (tertiary alicyclic amines) is 1. The number of amides is 1. The monoisotopic (exact) mass is 367 g/mol. The number of rotatable bonds is 4. The SMILES string of the molecule is Cc1cnc(C2CCOCC2)n1C1CCN(C(=O)Cc2ccccc2)CC1. The number of aromatic nitrogens is 2. The molecule has 5 heteroatoms. The summed E-state index contributed by atoms with van der Waals surface area (Å²) < 4.78 is 7.97. The van der Waals surface area contributed by atoms with Gasteiger partial charge in [-0.15, -0.1) is 0 Å². The fraction of sp³-hybridized carbons (Fsp3) is 0.545. The van der Waals surface area contributed by atoms with Crippen molar-refractivity contribution in [2.24, 2.45) is 0 Å². The van der Waals surface area contributed by atoms with Crippen LogP contribution in [-0.4, -0.2) is 46.7 Å². The Balaban J connectivity index is 1.39. The summed E-state index contributed by atoms with van der Waals surface area (Å²) in [5.74, 6) is 1.97. The van der Waals surface area contributed by atoms with E-state index in [-0.39, 0.29) is 5.91 Å². The van der Waals surface area contributed by atoms with Crippen molar-refractivity contribution in [3.05, 3.63) is 53.6 Å². The first-order valence-corrected chi connectivity index (χ1v) is 10.2. The van der Waals surface area contributed by atoms with Gasteiger partial charge in [0.2, 0.25) is 5.91 Å². The second kappa shape index (κ2) is 8.26. The zero-order chi connectivity index (χ0) is 18.6. The van der Waals surface area contributed by atoms with Crippen LogP contribution in [0.25, 0.3) is 0 Å². The Bertz CT molecular complexity index is 757. The van der Waals surface area contributed by atoms with Crippen LogP contribution in [0.2, 0.25) is 0 Å². The van der Waals surface area contributed by atoms with Crippen LogP contribution in [0.4, 0.5) is 0 Å². The van der Waals surface area contributed by atoms with Gasteiger partial charge in [-0.3, -0.25) is 4.79 Å². The van der Waals surface area contributed by atoms with Crippen molar-refractivity contribution in [2.75, 3.05) is 26.3 Å². The smallest absolute Gasteiger partial charge is 0.226 e. The number of carbonyl (C=O) groups excluding carboxylic acids is 1. The summed E-state index contributed by atoms with van der Waals surface area (Å²) in [6.07, 6.45) is 6.65. The van der Waals surface area contributed by atoms with Crippen LogP contribution in [0.5, 0.6) is 0 Å². The molecule has 0 N–H and O–H groups in total. The molecule has 4 rings (SSSR count). The van der Waals surface area contributed by atoms with E-state index in [0.717, 1.165) is 57.6 Å². The third-order valence-electron chi connectivity index (χ3n) is 5.98. The highest BCUT2D eigenvalue weighted by molar-refractivity contribution is 5.78. The third-order valence-corrected chi connectivity index (χ3v) is 5.98. The van der Waals surface area contributed by atoms with E-state index in [1.54, 1.807) is 0 Å². The van der Waals surface area contributed by atoms with Crippen molar-refractivity contribution in [2.45, 2.75) is 51.0 Å². The molecule has 1 amide bonds. The van der Waals surface area contributed by atoms with Gasteiger partial charge in [0.15, 0.2) is 0 Å². The second-order valence-corrected chi connectivity index (χ2v) is 7.79. The van der Waals surface area contributed by atoms with Gasteiger partial charge in [0.1, 0.15) is 5.82 Å². The van der Waals surface area contributed by atoms with Gasteiger partial charge < -0.3 is 14.2 Å². The number of carbonyl (C=O) groups is 1. The lowest BCUT2D eigenvalue weighted by atomic mass is 9.97. The van der Waals surface area contributed by atoms with E-state index in [1.807, 2.05) is 41.4 Å². The molecule has 0 radical (unpaired) electrons. The largest absolute Gasteiger partial charge is 0.381 e. The molecule has 0 aliphatic carbocycles. The number of nitrogens with zero attached hydrogens (tertiary/aromatic N) is 3. The number of hydrogen-bond donors (Lipinski definition) is 0. The minimum atomic E-state index is 0.242. The predicted octanol–water partition coefficient (Wildman–Crippen LogP) is 3.49. The van der Waals surface area contributed by atoms with E-state index in [0.29, 0.717) is 18.4 Å². The number of hydrogen-bond acceptors (Lipinski definition) is 3. The van der Waals surface area contributed by atoms with Crippen molar-refractivity contribution in [1.82, 2.24) is 14.5 Å². The summed E-state index contributed by atoms with van der Waals surface area (Å²) in [6, 6.07) is 10.5. The molecule has 0 atom stereocenters. The lowest BCUT2D eigenvalue weighted by Crippen LogP contribution is -2.40. The normalized spacial score (nSPS) is 19.4. The van der Waals surface area contributed by atoms with Gasteiger partial charge in [0, 0.05) is 50.2 Å². The summed E-state index contributed by atoms with van der Waals surface area (Å²) in [6.45, 7) is 5.50. The Labute approximate surface area is 161 Å². The van der Waals surface area contributed by atoms with Crippen LogP contribution >= 0.6 is 0 Å². The quantitative estimate of drug-likeness (QED) is 0.831. The number of imidazole rings is 1. The van der Waals surface area contributed by atoms with Crippen LogP contribution in [0.15, 0.2) is 36.5 Å². The number of ether oxygens (including phenoxy) is 1. The average molecular weight is 367 g/mol. The maximum atomic E-state index is 12.6. The molecule has 2 fully saturated rings. The van der Waals surface area contributed by atoms with E-state index in [2.05, 4.69) is 11.5 Å². The molecule has 2 aliphatic rings. The van der Waals surface area contributed by atoms with E-state index >= 15 is 0 Å². The maximum absolute atomic E-state index is 12.6. The lowest BCUT2D eigenvalue weighted by molar-refractivity contribution is -0.131. The van der Waals surface area contributed by atoms with Gasteiger partial charge in [-0.25, -0.2) is 4.98 Å². The van der Waals surface area contributed by atoms with Gasteiger partial charge in [-0.2, -0.15) is 0 Å². The van der Waals surface area contributed by atoms with Crippen LogP contribution in [0, 0.1) is 6.92 Å². The Morgan fingerprint density at radius 3 is 2.52 bits per heavy atom. The van der Waals surface area contributed by atoms with Crippen molar-refractivity contribution < 1.29 is 9.53 Å². The number of benzene rings is 1. The highest BCUT2D eigenvalue weighted by atomic mass is 16.5. The van der Waals surface area contributed by atoms with Crippen molar-refractivity contribution >= 4 is 5.91 Å². The standard InChI is InChI=1S/C22H29N3O2/c1-17-16-23-22(19-9-13-27-14-10-19)25(17)20-7-11-24(12-8-20)21(26)15-18-5-3-2-4-6-18/h2-6,16,19-20H,7-15H2,1H3. The molecule has 0 spiro atoms. The molecule has 5 nitrogen and oxygen atoms in total. The van der Waals surface area contributed by atoms with Crippen molar-refractivity contribution in [3.63, 3.8) is 0 Å². The van der Waals surface area contributed by atoms with Crippen molar-refractivity contribution in [3.8, 4) is 0 Å². The zero-order valence-corrected chi connectivity index (χ0v) is 16.1. The predicted molar refractivity (Wildman–Crippen MR) is 105 cm³/mol. The van der Waals surface area contributed by atoms with Crippen LogP contribution in [-0.2, 0) is 16.0 Å². The Hall–Kier alpha value is -2.14. The van der Waals surface area contributed by atoms with Gasteiger partial charge in [0.05, 0.1) is 6.42 Å². The van der Waals surface area contributed by atoms with Gasteiger partial charge in [0.25, 0.3) is 0 Å². The third kappa shape index (κ3) is 4.08. The summed E-state index contributed by atoms with van der Waals surface area (Å²) in [7, 11) is 0. The fourth-order valence-corrected chi connectivity index (χ4v) is 4.45. The first-order chi connectivity index (χ1) is 13.2. The lowest BCUT2D eigenvalue weighted by Gasteiger charge is -2.35. The Kier molecular flexibility index (Phi) is 5.58. The van der Waals surface area contributed by atoms with Gasteiger partial charge in [-0.05, 0) is 38.2 Å². The molecule has 3 heterocycles. The molecule has 144 valence electrons. The minimum absolute atomic E-state index is 0.242. The highest BCUT2D eigenvalue weighted by Crippen LogP contribution is 2.32. The van der Waals surface area contributed by atoms with E-state index in [4.69, 9.17) is 9.72 Å². The molecule has 2 aromatic rings. The highest BCUT2D eigenvalue weighted by Gasteiger charge is 2.29. The summed E-state index contributed by atoms with van der Waals surface area (Å²) in [5.41, 5.74) is 2.34. The Morgan fingerprint density at radius 2 is 1.81 bits per heavy atom. The van der Waals surface area contributed by atoms with E-state index in [9.17, 15) is 4.79 Å². The first-order valence-electron chi connectivity index (χ1n) is 10.2. The fourth-order valence-electron chi connectivity index (χ4n) is 4.45. The van der Waals surface area contributed by atoms with Gasteiger partial charge in [-0.1, -0.05) is 30.3 Å². The summed E-state index contributed by atoms with van der Waals surface area (Å²) in [5, 5.41) is 0. The Morgan fingerprint density at radius 1 is 1.11 bits per heavy atom. The molecule has 2 saturated heterocycles. The summed E-state index contributed by atoms with van der Waals surface area (Å²) >= 11 is 0. The molecule has 1 aromatic heterocycles. The number of aryl methyl sites for hydroxylation is 1. The molecule has 1 aromatic carbocycles. The average Bonchev–Trinajstić information content (AvgIpc) is 3.11. The molecule has 2 aliphatic heterocycles. The molecule has 0 saturated carbocycles. The maximum Gasteiger partial charge on any atom is 0.226 e. The second-order valence-electron chi connectivity index (χ2n) is 7.79. The molecular weight excluding hydrogens is 338 g/mol. The van der Waals surface area contributed by atoms with Crippen LogP contribution in [0.1, 0.15) is 54.7 Å². The van der Waals surface area contributed by atoms with E-state index < -0.39 is 0 Å². The van der Waals surface area contributed by atoms with Gasteiger partial charge >= 0.3 is 0 Å². The number of piperidine rings is 1. The van der Waals surface area contributed by atoms with Crippen LogP contribution in [0.3, 0.4) is 0 Å². The molecular formula is C22H29N3O2. The van der Waals surface area contributed by atoms with Crippen LogP contribution < -0.4 is 0 Å². The first kappa shape index (κ1) is 18.2. The minimum Gasteiger partial charge on any atom is -0.381 e. The zero-order valence-electron chi connectivity index (χ0n) is 16.1. The molecule has 0 bridgehead atoms. The molecule has 0 unspecified atom stereocenters. The molecule has 27 heavy (non-hydrogen) atoms. The summed E-state index contributed by atoms with van der Waals surface area (Å²) in [4.78, 5) is 19.4.